The van der Waals surface area contributed by atoms with Gasteiger partial charge >= 0.3 is 0 Å². The lowest BCUT2D eigenvalue weighted by atomic mass is 10.1. The molecule has 0 fully saturated rings. The summed E-state index contributed by atoms with van der Waals surface area (Å²) in [7, 11) is 0. The second kappa shape index (κ2) is 6.83. The van der Waals surface area contributed by atoms with Crippen LogP contribution in [0.2, 0.25) is 0 Å². The van der Waals surface area contributed by atoms with Crippen LogP contribution < -0.4 is 11.1 Å². The lowest BCUT2D eigenvalue weighted by molar-refractivity contribution is -0.122. The zero-order valence-corrected chi connectivity index (χ0v) is 9.67. The predicted octanol–water partition coefficient (Wildman–Crippen LogP) is 0.740. The van der Waals surface area contributed by atoms with Crippen molar-refractivity contribution in [3.05, 3.63) is 48.6 Å². The van der Waals surface area contributed by atoms with Crippen LogP contribution in [0.3, 0.4) is 0 Å². The van der Waals surface area contributed by atoms with Crippen molar-refractivity contribution in [2.24, 2.45) is 5.73 Å². The smallest absolute Gasteiger partial charge is 0.237 e. The van der Waals surface area contributed by atoms with Gasteiger partial charge in [0.2, 0.25) is 5.91 Å². The number of amides is 1. The second-order valence-corrected chi connectivity index (χ2v) is 3.80. The number of nitrogens with two attached hydrogens (primary N) is 1. The molecule has 0 aliphatic carbocycles. The molecule has 1 aromatic rings. The number of benzene rings is 1. The largest absolute Gasteiger partial charge is 0.387 e. The molecule has 1 amide bonds. The fourth-order valence-electron chi connectivity index (χ4n) is 1.41. The zero-order valence-electron chi connectivity index (χ0n) is 9.67. The van der Waals surface area contributed by atoms with Crippen molar-refractivity contribution >= 4 is 5.91 Å². The SMILES string of the molecule is C=CCC(N)C(=O)NCC(O)c1ccccc1. The third-order valence-electron chi connectivity index (χ3n) is 2.41. The molecule has 0 saturated carbocycles. The highest BCUT2D eigenvalue weighted by Gasteiger charge is 2.13. The maximum absolute atomic E-state index is 11.5. The van der Waals surface area contributed by atoms with Crippen LogP contribution in [0.15, 0.2) is 43.0 Å². The van der Waals surface area contributed by atoms with Crippen LogP contribution in [-0.4, -0.2) is 23.6 Å². The molecule has 2 atom stereocenters. The van der Waals surface area contributed by atoms with Gasteiger partial charge < -0.3 is 16.2 Å². The molecular formula is C13H18N2O2. The van der Waals surface area contributed by atoms with Crippen LogP contribution in [-0.2, 0) is 4.79 Å². The highest BCUT2D eigenvalue weighted by Crippen LogP contribution is 2.10. The van der Waals surface area contributed by atoms with Crippen molar-refractivity contribution in [2.75, 3.05) is 6.54 Å². The number of hydrogen-bond donors (Lipinski definition) is 3. The Morgan fingerprint density at radius 2 is 2.12 bits per heavy atom. The van der Waals surface area contributed by atoms with Gasteiger partial charge in [0.1, 0.15) is 0 Å². The van der Waals surface area contributed by atoms with Crippen molar-refractivity contribution < 1.29 is 9.90 Å². The average molecular weight is 234 g/mol. The third-order valence-corrected chi connectivity index (χ3v) is 2.41. The van der Waals surface area contributed by atoms with Gasteiger partial charge in [0.25, 0.3) is 0 Å². The van der Waals surface area contributed by atoms with E-state index in [1.807, 2.05) is 18.2 Å². The second-order valence-electron chi connectivity index (χ2n) is 3.80. The topological polar surface area (TPSA) is 75.4 Å². The Hall–Kier alpha value is -1.65. The van der Waals surface area contributed by atoms with Gasteiger partial charge in [-0.2, -0.15) is 0 Å². The summed E-state index contributed by atoms with van der Waals surface area (Å²) in [6, 6.07) is 8.55. The summed E-state index contributed by atoms with van der Waals surface area (Å²) in [5.74, 6) is -0.278. The number of aliphatic hydroxyl groups is 1. The molecule has 0 radical (unpaired) electrons. The Labute approximate surface area is 101 Å². The molecule has 0 aliphatic heterocycles. The molecule has 1 rings (SSSR count). The fourth-order valence-corrected chi connectivity index (χ4v) is 1.41. The van der Waals surface area contributed by atoms with Crippen LogP contribution in [0.4, 0.5) is 0 Å². The van der Waals surface area contributed by atoms with Gasteiger partial charge in [0, 0.05) is 6.54 Å². The molecule has 4 nitrogen and oxygen atoms in total. The van der Waals surface area contributed by atoms with Gasteiger partial charge in [0.05, 0.1) is 12.1 Å². The van der Waals surface area contributed by atoms with E-state index < -0.39 is 12.1 Å². The Kier molecular flexibility index (Phi) is 5.39. The fraction of sp³-hybridized carbons (Fsp3) is 0.308. The molecule has 0 spiro atoms. The van der Waals surface area contributed by atoms with Gasteiger partial charge in [-0.15, -0.1) is 6.58 Å². The van der Waals surface area contributed by atoms with E-state index in [2.05, 4.69) is 11.9 Å². The summed E-state index contributed by atoms with van der Waals surface area (Å²) in [6.07, 6.45) is 1.31. The van der Waals surface area contributed by atoms with Crippen molar-refractivity contribution in [3.8, 4) is 0 Å². The van der Waals surface area contributed by atoms with Crippen LogP contribution >= 0.6 is 0 Å². The number of carbonyl (C=O) groups is 1. The molecular weight excluding hydrogens is 216 g/mol. The highest BCUT2D eigenvalue weighted by molar-refractivity contribution is 5.81. The quantitative estimate of drug-likeness (QED) is 0.635. The number of carbonyl (C=O) groups excluding carboxylic acids is 1. The summed E-state index contributed by atoms with van der Waals surface area (Å²) in [5.41, 5.74) is 6.36. The van der Waals surface area contributed by atoms with Gasteiger partial charge in [-0.05, 0) is 12.0 Å². The number of rotatable bonds is 6. The normalized spacial score (nSPS) is 13.8. The van der Waals surface area contributed by atoms with Gasteiger partial charge in [-0.25, -0.2) is 0 Å². The molecule has 1 aromatic carbocycles. The van der Waals surface area contributed by atoms with E-state index in [1.54, 1.807) is 18.2 Å². The van der Waals surface area contributed by atoms with Crippen LogP contribution in [0.5, 0.6) is 0 Å². The summed E-state index contributed by atoms with van der Waals surface area (Å²) in [6.45, 7) is 3.68. The molecule has 92 valence electrons. The maximum Gasteiger partial charge on any atom is 0.237 e. The van der Waals surface area contributed by atoms with Crippen molar-refractivity contribution in [1.82, 2.24) is 5.32 Å². The predicted molar refractivity (Wildman–Crippen MR) is 67.2 cm³/mol. The highest BCUT2D eigenvalue weighted by atomic mass is 16.3. The Bertz CT molecular complexity index is 365. The first-order chi connectivity index (χ1) is 8.15. The van der Waals surface area contributed by atoms with E-state index in [4.69, 9.17) is 5.73 Å². The Balaban J connectivity index is 2.41. The minimum absolute atomic E-state index is 0.160. The molecule has 4 heteroatoms. The minimum Gasteiger partial charge on any atom is -0.387 e. The average Bonchev–Trinajstić information content (AvgIpc) is 2.36. The maximum atomic E-state index is 11.5. The first kappa shape index (κ1) is 13.4. The Morgan fingerprint density at radius 3 is 2.71 bits per heavy atom. The van der Waals surface area contributed by atoms with Gasteiger partial charge in [-0.1, -0.05) is 36.4 Å². The van der Waals surface area contributed by atoms with Crippen LogP contribution in [0, 0.1) is 0 Å². The molecule has 0 aliphatic rings. The zero-order chi connectivity index (χ0) is 12.7. The van der Waals surface area contributed by atoms with Crippen LogP contribution in [0.25, 0.3) is 0 Å². The molecule has 0 bridgehead atoms. The van der Waals surface area contributed by atoms with Crippen LogP contribution in [0.1, 0.15) is 18.1 Å². The van der Waals surface area contributed by atoms with Crippen molar-refractivity contribution in [2.45, 2.75) is 18.6 Å². The summed E-state index contributed by atoms with van der Waals surface area (Å²) in [5, 5.41) is 12.4. The third kappa shape index (κ3) is 4.38. The lowest BCUT2D eigenvalue weighted by Crippen LogP contribution is -2.41. The van der Waals surface area contributed by atoms with E-state index in [-0.39, 0.29) is 12.5 Å². The molecule has 0 saturated heterocycles. The number of hydrogen-bond acceptors (Lipinski definition) is 3. The first-order valence-corrected chi connectivity index (χ1v) is 5.52. The molecule has 17 heavy (non-hydrogen) atoms. The molecule has 0 aromatic heterocycles. The minimum atomic E-state index is -0.712. The van der Waals surface area contributed by atoms with E-state index in [0.29, 0.717) is 6.42 Å². The number of aliphatic hydroxyl groups excluding tert-OH is 1. The summed E-state index contributed by atoms with van der Waals surface area (Å²) in [4.78, 5) is 11.5. The summed E-state index contributed by atoms with van der Waals surface area (Å²) >= 11 is 0. The molecule has 2 unspecified atom stereocenters. The number of nitrogens with one attached hydrogen (secondary N) is 1. The molecule has 0 heterocycles. The van der Waals surface area contributed by atoms with Gasteiger partial charge in [-0.3, -0.25) is 4.79 Å². The van der Waals surface area contributed by atoms with E-state index in [0.717, 1.165) is 5.56 Å². The van der Waals surface area contributed by atoms with E-state index in [9.17, 15) is 9.90 Å². The van der Waals surface area contributed by atoms with Gasteiger partial charge in [0.15, 0.2) is 0 Å². The molecule has 4 N–H and O–H groups in total. The first-order valence-electron chi connectivity index (χ1n) is 5.52. The van der Waals surface area contributed by atoms with Crippen molar-refractivity contribution in [3.63, 3.8) is 0 Å². The monoisotopic (exact) mass is 234 g/mol. The summed E-state index contributed by atoms with van der Waals surface area (Å²) < 4.78 is 0. The lowest BCUT2D eigenvalue weighted by Gasteiger charge is -2.14. The Morgan fingerprint density at radius 1 is 1.47 bits per heavy atom. The standard InChI is InChI=1S/C13H18N2O2/c1-2-6-11(14)13(17)15-9-12(16)10-7-4-3-5-8-10/h2-5,7-8,11-12,16H,1,6,9,14H2,(H,15,17). The van der Waals surface area contributed by atoms with Crippen molar-refractivity contribution in [1.29, 1.82) is 0 Å². The van der Waals surface area contributed by atoms with E-state index in [1.165, 1.54) is 0 Å². The van der Waals surface area contributed by atoms with E-state index >= 15 is 0 Å².